The van der Waals surface area contributed by atoms with Gasteiger partial charge in [-0.2, -0.15) is 5.26 Å². The molecule has 1 aliphatic rings. The molecule has 2 nitrogen and oxygen atoms in total. The lowest BCUT2D eigenvalue weighted by Crippen LogP contribution is -2.35. The van der Waals surface area contributed by atoms with Gasteiger partial charge >= 0.3 is 0 Å². The lowest BCUT2D eigenvalue weighted by Gasteiger charge is -2.36. The number of nitriles is 1. The molecule has 96 valence electrons. The van der Waals surface area contributed by atoms with Crippen molar-refractivity contribution in [2.45, 2.75) is 45.1 Å². The van der Waals surface area contributed by atoms with E-state index >= 15 is 0 Å². The Kier molecular flexibility index (Phi) is 4.25. The van der Waals surface area contributed by atoms with Crippen molar-refractivity contribution in [3.8, 4) is 6.07 Å². The molecule has 2 rings (SSSR count). The molecular formula is C16H22N2. The van der Waals surface area contributed by atoms with Crippen LogP contribution in [0.3, 0.4) is 0 Å². The number of rotatable bonds is 3. The fraction of sp³-hybridized carbons (Fsp3) is 0.562. The second-order valence-corrected chi connectivity index (χ2v) is 5.36. The first-order chi connectivity index (χ1) is 8.74. The SMILES string of the molecule is CCC1CCCC(N(C)c2ccc(C#N)cc2)C1. The molecule has 0 saturated heterocycles. The smallest absolute Gasteiger partial charge is 0.0991 e. The van der Waals surface area contributed by atoms with Crippen LogP contribution in [0.15, 0.2) is 24.3 Å². The number of anilines is 1. The molecule has 0 N–H and O–H groups in total. The van der Waals surface area contributed by atoms with E-state index in [1.165, 1.54) is 37.8 Å². The van der Waals surface area contributed by atoms with Crippen LogP contribution in [0.1, 0.15) is 44.6 Å². The van der Waals surface area contributed by atoms with E-state index in [1.54, 1.807) is 0 Å². The van der Waals surface area contributed by atoms with E-state index in [1.807, 2.05) is 12.1 Å². The number of benzene rings is 1. The molecular weight excluding hydrogens is 220 g/mol. The molecule has 0 aromatic heterocycles. The van der Waals surface area contributed by atoms with Crippen LogP contribution < -0.4 is 4.90 Å². The number of hydrogen-bond donors (Lipinski definition) is 0. The summed E-state index contributed by atoms with van der Waals surface area (Å²) in [5.74, 6) is 0.893. The molecule has 1 aliphatic carbocycles. The van der Waals surface area contributed by atoms with Crippen LogP contribution in [0.5, 0.6) is 0 Å². The number of hydrogen-bond acceptors (Lipinski definition) is 2. The summed E-state index contributed by atoms with van der Waals surface area (Å²) in [6.07, 6.45) is 6.66. The normalized spacial score (nSPS) is 23.4. The minimum atomic E-state index is 0.664. The van der Waals surface area contributed by atoms with Crippen molar-refractivity contribution in [1.29, 1.82) is 5.26 Å². The van der Waals surface area contributed by atoms with Crippen molar-refractivity contribution in [3.05, 3.63) is 29.8 Å². The molecule has 2 heteroatoms. The summed E-state index contributed by atoms with van der Waals surface area (Å²) in [6, 6.07) is 10.8. The van der Waals surface area contributed by atoms with E-state index in [-0.39, 0.29) is 0 Å². The average molecular weight is 242 g/mol. The van der Waals surface area contributed by atoms with Crippen LogP contribution >= 0.6 is 0 Å². The van der Waals surface area contributed by atoms with Crippen LogP contribution in [0.25, 0.3) is 0 Å². The van der Waals surface area contributed by atoms with Gasteiger partial charge in [0.25, 0.3) is 0 Å². The summed E-state index contributed by atoms with van der Waals surface area (Å²) in [4.78, 5) is 2.39. The van der Waals surface area contributed by atoms with Crippen LogP contribution in [0.2, 0.25) is 0 Å². The van der Waals surface area contributed by atoms with Gasteiger partial charge in [0.05, 0.1) is 11.6 Å². The summed E-state index contributed by atoms with van der Waals surface area (Å²) in [6.45, 7) is 2.30. The van der Waals surface area contributed by atoms with Crippen LogP contribution in [0.4, 0.5) is 5.69 Å². The first kappa shape index (κ1) is 13.0. The summed E-state index contributed by atoms with van der Waals surface area (Å²) >= 11 is 0. The summed E-state index contributed by atoms with van der Waals surface area (Å²) in [5.41, 5.74) is 1.97. The zero-order valence-corrected chi connectivity index (χ0v) is 11.4. The van der Waals surface area contributed by atoms with Crippen molar-refractivity contribution in [1.82, 2.24) is 0 Å². The van der Waals surface area contributed by atoms with Gasteiger partial charge in [-0.25, -0.2) is 0 Å². The molecule has 0 radical (unpaired) electrons. The molecule has 0 bridgehead atoms. The maximum atomic E-state index is 8.82. The lowest BCUT2D eigenvalue weighted by molar-refractivity contribution is 0.309. The fourth-order valence-electron chi connectivity index (χ4n) is 2.97. The summed E-state index contributed by atoms with van der Waals surface area (Å²) in [7, 11) is 2.18. The largest absolute Gasteiger partial charge is 0.372 e. The van der Waals surface area contributed by atoms with Gasteiger partial charge in [0.2, 0.25) is 0 Å². The van der Waals surface area contributed by atoms with Gasteiger partial charge in [0.1, 0.15) is 0 Å². The topological polar surface area (TPSA) is 27.0 Å². The quantitative estimate of drug-likeness (QED) is 0.802. The van der Waals surface area contributed by atoms with Crippen LogP contribution in [-0.4, -0.2) is 13.1 Å². The Labute approximate surface area is 110 Å². The van der Waals surface area contributed by atoms with Gasteiger partial charge in [0, 0.05) is 18.8 Å². The molecule has 1 aromatic carbocycles. The molecule has 18 heavy (non-hydrogen) atoms. The van der Waals surface area contributed by atoms with Crippen LogP contribution in [0, 0.1) is 17.2 Å². The third kappa shape index (κ3) is 2.85. The highest BCUT2D eigenvalue weighted by Crippen LogP contribution is 2.31. The number of nitrogens with zero attached hydrogens (tertiary/aromatic N) is 2. The summed E-state index contributed by atoms with van der Waals surface area (Å²) < 4.78 is 0. The molecule has 2 atom stereocenters. The van der Waals surface area contributed by atoms with Gasteiger partial charge in [-0.1, -0.05) is 26.2 Å². The van der Waals surface area contributed by atoms with Gasteiger partial charge < -0.3 is 4.90 Å². The van der Waals surface area contributed by atoms with Crippen molar-refractivity contribution in [2.75, 3.05) is 11.9 Å². The van der Waals surface area contributed by atoms with Gasteiger partial charge in [-0.3, -0.25) is 0 Å². The highest BCUT2D eigenvalue weighted by molar-refractivity contribution is 5.49. The Morgan fingerprint density at radius 3 is 2.61 bits per heavy atom. The van der Waals surface area contributed by atoms with Gasteiger partial charge in [-0.15, -0.1) is 0 Å². The zero-order valence-electron chi connectivity index (χ0n) is 11.4. The summed E-state index contributed by atoms with van der Waals surface area (Å²) in [5, 5.41) is 8.82. The Morgan fingerprint density at radius 2 is 2.00 bits per heavy atom. The monoisotopic (exact) mass is 242 g/mol. The van der Waals surface area contributed by atoms with E-state index < -0.39 is 0 Å². The predicted octanol–water partition coefficient (Wildman–Crippen LogP) is 3.96. The fourth-order valence-corrected chi connectivity index (χ4v) is 2.97. The Balaban J connectivity index is 2.05. The Bertz CT molecular complexity index is 416. The molecule has 1 fully saturated rings. The molecule has 1 aromatic rings. The second-order valence-electron chi connectivity index (χ2n) is 5.36. The Hall–Kier alpha value is -1.49. The van der Waals surface area contributed by atoms with E-state index in [0.717, 1.165) is 11.5 Å². The molecule has 0 spiro atoms. The lowest BCUT2D eigenvalue weighted by atomic mass is 9.83. The maximum absolute atomic E-state index is 8.82. The standard InChI is InChI=1S/C16H22N2/c1-3-13-5-4-6-16(11-13)18(2)15-9-7-14(12-17)8-10-15/h7-10,13,16H,3-6,11H2,1-2H3. The molecule has 2 unspecified atom stereocenters. The minimum absolute atomic E-state index is 0.664. The molecule has 0 heterocycles. The minimum Gasteiger partial charge on any atom is -0.372 e. The van der Waals surface area contributed by atoms with Crippen molar-refractivity contribution < 1.29 is 0 Å². The van der Waals surface area contributed by atoms with Crippen molar-refractivity contribution >= 4 is 5.69 Å². The van der Waals surface area contributed by atoms with Gasteiger partial charge in [-0.05, 0) is 43.0 Å². The van der Waals surface area contributed by atoms with E-state index in [9.17, 15) is 0 Å². The first-order valence-corrected chi connectivity index (χ1v) is 6.97. The third-order valence-electron chi connectivity index (χ3n) is 4.28. The van der Waals surface area contributed by atoms with E-state index in [4.69, 9.17) is 5.26 Å². The highest BCUT2D eigenvalue weighted by atomic mass is 15.1. The average Bonchev–Trinajstić information content (AvgIpc) is 2.46. The van der Waals surface area contributed by atoms with Crippen LogP contribution in [-0.2, 0) is 0 Å². The zero-order chi connectivity index (χ0) is 13.0. The highest BCUT2D eigenvalue weighted by Gasteiger charge is 2.23. The van der Waals surface area contributed by atoms with Crippen molar-refractivity contribution in [3.63, 3.8) is 0 Å². The molecule has 0 aliphatic heterocycles. The molecule has 1 saturated carbocycles. The van der Waals surface area contributed by atoms with E-state index in [2.05, 4.69) is 37.1 Å². The van der Waals surface area contributed by atoms with E-state index in [0.29, 0.717) is 6.04 Å². The van der Waals surface area contributed by atoms with Crippen molar-refractivity contribution in [2.24, 2.45) is 5.92 Å². The second kappa shape index (κ2) is 5.91. The molecule has 0 amide bonds. The third-order valence-corrected chi connectivity index (χ3v) is 4.28. The predicted molar refractivity (Wildman–Crippen MR) is 75.6 cm³/mol. The Morgan fingerprint density at radius 1 is 1.28 bits per heavy atom. The maximum Gasteiger partial charge on any atom is 0.0991 e. The first-order valence-electron chi connectivity index (χ1n) is 6.97. The van der Waals surface area contributed by atoms with Gasteiger partial charge in [0.15, 0.2) is 0 Å².